The van der Waals surface area contributed by atoms with Gasteiger partial charge in [0.15, 0.2) is 0 Å². The van der Waals surface area contributed by atoms with Gasteiger partial charge in [0.2, 0.25) is 0 Å². The number of urea groups is 1. The van der Waals surface area contributed by atoms with E-state index < -0.39 is 5.82 Å². The quantitative estimate of drug-likeness (QED) is 0.917. The molecular weight excluding hydrogens is 319 g/mol. The molecule has 7 heteroatoms. The van der Waals surface area contributed by atoms with E-state index in [9.17, 15) is 9.18 Å². The third-order valence-electron chi connectivity index (χ3n) is 3.71. The Morgan fingerprint density at radius 2 is 1.96 bits per heavy atom. The van der Waals surface area contributed by atoms with Crippen LogP contribution in [-0.4, -0.2) is 42.1 Å². The Kier molecular flexibility index (Phi) is 4.62. The summed E-state index contributed by atoms with van der Waals surface area (Å²) < 4.78 is 13.1. The minimum absolute atomic E-state index is 0.0113. The zero-order chi connectivity index (χ0) is 16.2. The van der Waals surface area contributed by atoms with Crippen molar-refractivity contribution in [2.75, 3.05) is 36.4 Å². The Labute approximate surface area is 138 Å². The number of rotatable bonds is 2. The highest BCUT2D eigenvalue weighted by molar-refractivity contribution is 6.31. The topological polar surface area (TPSA) is 48.5 Å². The third-order valence-corrected chi connectivity index (χ3v) is 4.00. The van der Waals surface area contributed by atoms with E-state index in [1.54, 1.807) is 11.1 Å². The van der Waals surface area contributed by atoms with Crippen LogP contribution >= 0.6 is 11.6 Å². The highest BCUT2D eigenvalue weighted by atomic mass is 35.5. The number of carbonyl (C=O) groups excluding carboxylic acids is 1. The highest BCUT2D eigenvalue weighted by Crippen LogP contribution is 2.20. The number of nitrogens with one attached hydrogen (secondary N) is 1. The molecule has 1 aromatic heterocycles. The van der Waals surface area contributed by atoms with Gasteiger partial charge in [0.05, 0.1) is 5.02 Å². The van der Waals surface area contributed by atoms with Crippen LogP contribution in [-0.2, 0) is 0 Å². The van der Waals surface area contributed by atoms with Crippen molar-refractivity contribution in [2.24, 2.45) is 0 Å². The highest BCUT2D eigenvalue weighted by Gasteiger charge is 2.21. The average Bonchev–Trinajstić information content (AvgIpc) is 2.59. The van der Waals surface area contributed by atoms with Crippen LogP contribution in [0.5, 0.6) is 0 Å². The monoisotopic (exact) mass is 334 g/mol. The summed E-state index contributed by atoms with van der Waals surface area (Å²) in [5.41, 5.74) is 0.480. The minimum atomic E-state index is -0.506. The normalized spacial score (nSPS) is 14.7. The number of benzene rings is 1. The number of aromatic nitrogens is 1. The second kappa shape index (κ2) is 6.83. The van der Waals surface area contributed by atoms with Gasteiger partial charge in [0, 0.05) is 38.1 Å². The maximum atomic E-state index is 13.1. The number of halogens is 2. The van der Waals surface area contributed by atoms with Gasteiger partial charge in [-0.25, -0.2) is 14.2 Å². The summed E-state index contributed by atoms with van der Waals surface area (Å²) in [5, 5.41) is 2.72. The Bertz CT molecular complexity index is 690. The summed E-state index contributed by atoms with van der Waals surface area (Å²) in [7, 11) is 0. The molecule has 1 N–H and O–H groups in total. The van der Waals surface area contributed by atoms with E-state index >= 15 is 0 Å². The largest absolute Gasteiger partial charge is 0.353 e. The smallest absolute Gasteiger partial charge is 0.321 e. The van der Waals surface area contributed by atoms with E-state index in [4.69, 9.17) is 11.6 Å². The number of hydrogen-bond donors (Lipinski definition) is 1. The van der Waals surface area contributed by atoms with Crippen LogP contribution in [0.3, 0.4) is 0 Å². The lowest BCUT2D eigenvalue weighted by Crippen LogP contribution is -2.50. The molecule has 23 heavy (non-hydrogen) atoms. The maximum Gasteiger partial charge on any atom is 0.321 e. The summed E-state index contributed by atoms with van der Waals surface area (Å²) in [6.45, 7) is 2.62. The lowest BCUT2D eigenvalue weighted by molar-refractivity contribution is 0.208. The number of anilines is 2. The molecule has 1 saturated heterocycles. The van der Waals surface area contributed by atoms with Gasteiger partial charge < -0.3 is 15.1 Å². The molecule has 2 heterocycles. The summed E-state index contributed by atoms with van der Waals surface area (Å²) >= 11 is 5.72. The van der Waals surface area contributed by atoms with Crippen molar-refractivity contribution >= 4 is 29.1 Å². The predicted molar refractivity (Wildman–Crippen MR) is 88.5 cm³/mol. The predicted octanol–water partition coefficient (Wildman–Crippen LogP) is 3.23. The number of amides is 2. The molecule has 1 aliphatic rings. The fourth-order valence-electron chi connectivity index (χ4n) is 2.46. The Morgan fingerprint density at radius 1 is 1.17 bits per heavy atom. The van der Waals surface area contributed by atoms with E-state index in [0.29, 0.717) is 31.9 Å². The molecule has 3 rings (SSSR count). The molecule has 0 atom stereocenters. The van der Waals surface area contributed by atoms with E-state index in [1.807, 2.05) is 18.2 Å². The van der Waals surface area contributed by atoms with Crippen molar-refractivity contribution in [1.82, 2.24) is 9.88 Å². The molecule has 120 valence electrons. The fraction of sp³-hybridized carbons (Fsp3) is 0.250. The standard InChI is InChI=1S/C16H16ClFN4O/c17-13-11-12(4-5-14(13)18)20-16(23)22-9-7-21(8-10-22)15-3-1-2-6-19-15/h1-6,11H,7-10H2,(H,20,23). The number of pyridine rings is 1. The zero-order valence-electron chi connectivity index (χ0n) is 12.4. The minimum Gasteiger partial charge on any atom is -0.353 e. The molecule has 0 radical (unpaired) electrons. The molecule has 0 aliphatic carbocycles. The van der Waals surface area contributed by atoms with Gasteiger partial charge in [-0.15, -0.1) is 0 Å². The van der Waals surface area contributed by atoms with Crippen LogP contribution in [0.2, 0.25) is 5.02 Å². The molecule has 0 saturated carbocycles. The molecular formula is C16H16ClFN4O. The van der Waals surface area contributed by atoms with E-state index in [-0.39, 0.29) is 11.1 Å². The summed E-state index contributed by atoms with van der Waals surface area (Å²) in [6.07, 6.45) is 1.76. The van der Waals surface area contributed by atoms with Gasteiger partial charge >= 0.3 is 6.03 Å². The van der Waals surface area contributed by atoms with Crippen molar-refractivity contribution in [2.45, 2.75) is 0 Å². The third kappa shape index (κ3) is 3.71. The number of nitrogens with zero attached hydrogens (tertiary/aromatic N) is 3. The first-order chi connectivity index (χ1) is 11.1. The van der Waals surface area contributed by atoms with Crippen molar-refractivity contribution in [1.29, 1.82) is 0 Å². The van der Waals surface area contributed by atoms with Gasteiger partial charge in [-0.1, -0.05) is 17.7 Å². The Balaban J connectivity index is 1.57. The molecule has 1 fully saturated rings. The second-order valence-corrected chi connectivity index (χ2v) is 5.63. The average molecular weight is 335 g/mol. The number of piperazine rings is 1. The summed E-state index contributed by atoms with van der Waals surface area (Å²) in [6, 6.07) is 9.68. The van der Waals surface area contributed by atoms with Gasteiger partial charge in [0.1, 0.15) is 11.6 Å². The maximum absolute atomic E-state index is 13.1. The van der Waals surface area contributed by atoms with Crippen molar-refractivity contribution in [3.8, 4) is 0 Å². The van der Waals surface area contributed by atoms with Crippen LogP contribution in [0.15, 0.2) is 42.6 Å². The van der Waals surface area contributed by atoms with Gasteiger partial charge in [-0.2, -0.15) is 0 Å². The van der Waals surface area contributed by atoms with Crippen molar-refractivity contribution in [3.05, 3.63) is 53.4 Å². The van der Waals surface area contributed by atoms with E-state index in [0.717, 1.165) is 5.82 Å². The first kappa shape index (κ1) is 15.6. The molecule has 0 spiro atoms. The van der Waals surface area contributed by atoms with Crippen LogP contribution in [0.1, 0.15) is 0 Å². The number of carbonyl (C=O) groups is 1. The van der Waals surface area contributed by atoms with Crippen LogP contribution in [0.4, 0.5) is 20.7 Å². The molecule has 5 nitrogen and oxygen atoms in total. The molecule has 0 bridgehead atoms. The van der Waals surface area contributed by atoms with Crippen molar-refractivity contribution in [3.63, 3.8) is 0 Å². The zero-order valence-corrected chi connectivity index (χ0v) is 13.1. The summed E-state index contributed by atoms with van der Waals surface area (Å²) in [4.78, 5) is 20.4. The molecule has 2 aromatic rings. The Morgan fingerprint density at radius 3 is 2.61 bits per heavy atom. The lowest BCUT2D eigenvalue weighted by Gasteiger charge is -2.35. The molecule has 1 aromatic carbocycles. The fourth-order valence-corrected chi connectivity index (χ4v) is 2.64. The molecule has 0 unspecified atom stereocenters. The first-order valence-electron chi connectivity index (χ1n) is 7.30. The van der Waals surface area contributed by atoms with Gasteiger partial charge in [0.25, 0.3) is 0 Å². The van der Waals surface area contributed by atoms with Crippen LogP contribution in [0, 0.1) is 5.82 Å². The lowest BCUT2D eigenvalue weighted by atomic mass is 10.3. The van der Waals surface area contributed by atoms with Crippen molar-refractivity contribution < 1.29 is 9.18 Å². The van der Waals surface area contributed by atoms with E-state index in [1.165, 1.54) is 18.2 Å². The molecule has 2 amide bonds. The number of hydrogen-bond acceptors (Lipinski definition) is 3. The Hall–Kier alpha value is -2.34. The van der Waals surface area contributed by atoms with Crippen LogP contribution < -0.4 is 10.2 Å². The first-order valence-corrected chi connectivity index (χ1v) is 7.68. The summed E-state index contributed by atoms with van der Waals surface area (Å²) in [5.74, 6) is 0.409. The van der Waals surface area contributed by atoms with Gasteiger partial charge in [-0.05, 0) is 30.3 Å². The molecule has 1 aliphatic heterocycles. The van der Waals surface area contributed by atoms with Gasteiger partial charge in [-0.3, -0.25) is 0 Å². The van der Waals surface area contributed by atoms with Crippen LogP contribution in [0.25, 0.3) is 0 Å². The second-order valence-electron chi connectivity index (χ2n) is 5.22. The van der Waals surface area contributed by atoms with E-state index in [2.05, 4.69) is 15.2 Å². The SMILES string of the molecule is O=C(Nc1ccc(F)c(Cl)c1)N1CCN(c2ccccn2)CC1.